The predicted molar refractivity (Wildman–Crippen MR) is 148 cm³/mol. The summed E-state index contributed by atoms with van der Waals surface area (Å²) in [5, 5.41) is 18.6. The Morgan fingerprint density at radius 2 is 1.79 bits per heavy atom. The first kappa shape index (κ1) is 25.7. The van der Waals surface area contributed by atoms with E-state index >= 15 is 0 Å². The highest BCUT2D eigenvalue weighted by Gasteiger charge is 2.22. The van der Waals surface area contributed by atoms with Crippen molar-refractivity contribution in [2.24, 2.45) is 0 Å². The van der Waals surface area contributed by atoms with Crippen molar-refractivity contribution in [1.29, 1.82) is 0 Å². The van der Waals surface area contributed by atoms with Crippen molar-refractivity contribution >= 4 is 17.3 Å². The third-order valence-electron chi connectivity index (χ3n) is 6.78. The molecule has 38 heavy (non-hydrogen) atoms. The number of aromatic nitrogens is 4. The van der Waals surface area contributed by atoms with Crippen LogP contribution >= 0.6 is 0 Å². The van der Waals surface area contributed by atoms with Crippen molar-refractivity contribution in [2.45, 2.75) is 32.5 Å². The van der Waals surface area contributed by atoms with Gasteiger partial charge in [-0.25, -0.2) is 9.97 Å². The first-order valence-electron chi connectivity index (χ1n) is 13.1. The van der Waals surface area contributed by atoms with Crippen LogP contribution in [-0.4, -0.2) is 88.2 Å². The van der Waals surface area contributed by atoms with Gasteiger partial charge in [0, 0.05) is 51.0 Å². The molecule has 198 valence electrons. The van der Waals surface area contributed by atoms with E-state index in [1.807, 2.05) is 24.3 Å². The summed E-state index contributed by atoms with van der Waals surface area (Å²) in [5.74, 6) is 8.32. The predicted octanol–water partition coefficient (Wildman–Crippen LogP) is 2.40. The average molecular weight is 515 g/mol. The van der Waals surface area contributed by atoms with Crippen LogP contribution in [-0.2, 0) is 4.74 Å². The minimum absolute atomic E-state index is 0.163. The fraction of sp³-hybridized carbons (Fsp3) is 0.429. The lowest BCUT2D eigenvalue weighted by Gasteiger charge is -2.34. The zero-order chi connectivity index (χ0) is 26.5. The Bertz CT molecular complexity index is 1310. The van der Waals surface area contributed by atoms with Crippen molar-refractivity contribution in [3.8, 4) is 28.8 Å². The molecule has 0 bridgehead atoms. The summed E-state index contributed by atoms with van der Waals surface area (Å²) in [6.45, 7) is 9.82. The van der Waals surface area contributed by atoms with Gasteiger partial charge in [0.15, 0.2) is 5.82 Å². The average Bonchev–Trinajstić information content (AvgIpc) is 3.16. The van der Waals surface area contributed by atoms with E-state index in [0.29, 0.717) is 29.4 Å². The number of rotatable bonds is 4. The van der Waals surface area contributed by atoms with E-state index in [0.717, 1.165) is 57.2 Å². The van der Waals surface area contributed by atoms with Gasteiger partial charge in [-0.05, 0) is 50.5 Å². The summed E-state index contributed by atoms with van der Waals surface area (Å²) in [6, 6.07) is 10.9. The number of phenolic OH excluding ortho intramolecular Hbond substituents is 1. The highest BCUT2D eigenvalue weighted by atomic mass is 16.5. The Balaban J connectivity index is 1.25. The van der Waals surface area contributed by atoms with E-state index in [2.05, 4.69) is 55.6 Å². The molecule has 2 fully saturated rings. The van der Waals surface area contributed by atoms with Gasteiger partial charge in [-0.15, -0.1) is 10.2 Å². The lowest BCUT2D eigenvalue weighted by Crippen LogP contribution is -2.45. The molecule has 0 amide bonds. The van der Waals surface area contributed by atoms with Gasteiger partial charge in [0.1, 0.15) is 11.6 Å². The quantitative estimate of drug-likeness (QED) is 0.503. The molecule has 0 spiro atoms. The van der Waals surface area contributed by atoms with E-state index in [9.17, 15) is 5.11 Å². The highest BCUT2D eigenvalue weighted by Crippen LogP contribution is 2.31. The Kier molecular flexibility index (Phi) is 7.86. The van der Waals surface area contributed by atoms with Gasteiger partial charge < -0.3 is 25.4 Å². The van der Waals surface area contributed by atoms with E-state index < -0.39 is 0 Å². The molecule has 0 saturated carbocycles. The van der Waals surface area contributed by atoms with Crippen molar-refractivity contribution in [3.05, 3.63) is 48.4 Å². The van der Waals surface area contributed by atoms with E-state index in [1.54, 1.807) is 18.3 Å². The molecule has 2 aliphatic rings. The van der Waals surface area contributed by atoms with Crippen LogP contribution in [0.3, 0.4) is 0 Å². The molecule has 1 aromatic carbocycles. The van der Waals surface area contributed by atoms with Crippen LogP contribution in [0.25, 0.3) is 11.3 Å². The van der Waals surface area contributed by atoms with Gasteiger partial charge in [-0.2, -0.15) is 0 Å². The number of anilines is 3. The smallest absolute Gasteiger partial charge is 0.206 e. The number of para-hydroxylation sites is 1. The van der Waals surface area contributed by atoms with Crippen LogP contribution in [0.5, 0.6) is 5.75 Å². The monoisotopic (exact) mass is 514 g/mol. The van der Waals surface area contributed by atoms with Crippen molar-refractivity contribution < 1.29 is 9.84 Å². The summed E-state index contributed by atoms with van der Waals surface area (Å²) in [5.41, 5.74) is 8.27. The third-order valence-corrected chi connectivity index (χ3v) is 6.78. The number of phenols is 1. The molecule has 2 aromatic heterocycles. The van der Waals surface area contributed by atoms with Crippen LogP contribution < -0.4 is 15.5 Å². The van der Waals surface area contributed by atoms with E-state index in [-0.39, 0.29) is 18.0 Å². The normalized spacial score (nSPS) is 20.5. The lowest BCUT2D eigenvalue weighted by atomic mass is 10.1. The maximum absolute atomic E-state index is 10.3. The molecule has 0 radical (unpaired) electrons. The molecule has 0 unspecified atom stereocenters. The molecule has 3 N–H and O–H groups in total. The Labute approximate surface area is 223 Å². The second-order valence-corrected chi connectivity index (χ2v) is 9.84. The molecule has 10 nitrogen and oxygen atoms in total. The van der Waals surface area contributed by atoms with Crippen molar-refractivity contribution in [1.82, 2.24) is 25.1 Å². The van der Waals surface area contributed by atoms with Gasteiger partial charge in [0.05, 0.1) is 30.1 Å². The van der Waals surface area contributed by atoms with Crippen LogP contribution in [0, 0.1) is 11.8 Å². The maximum Gasteiger partial charge on any atom is 0.206 e. The molecule has 2 aliphatic heterocycles. The van der Waals surface area contributed by atoms with Crippen molar-refractivity contribution in [2.75, 3.05) is 61.3 Å². The lowest BCUT2D eigenvalue weighted by molar-refractivity contribution is -0.0640. The fourth-order valence-electron chi connectivity index (χ4n) is 5.08. The molecule has 2 atom stereocenters. The Hall–Kier alpha value is -3.94. The zero-order valence-electron chi connectivity index (χ0n) is 21.9. The van der Waals surface area contributed by atoms with Crippen molar-refractivity contribution in [3.63, 3.8) is 0 Å². The summed E-state index contributed by atoms with van der Waals surface area (Å²) in [4.78, 5) is 15.9. The molecule has 2 saturated heterocycles. The third kappa shape index (κ3) is 6.13. The summed E-state index contributed by atoms with van der Waals surface area (Å²) < 4.78 is 5.80. The molecule has 5 rings (SSSR count). The van der Waals surface area contributed by atoms with Crippen LogP contribution in [0.1, 0.15) is 26.1 Å². The molecule has 0 aliphatic carbocycles. The van der Waals surface area contributed by atoms with Gasteiger partial charge in [-0.3, -0.25) is 4.90 Å². The number of hydrogen-bond donors (Lipinski definition) is 2. The number of aromatic hydroxyl groups is 1. The molecular weight excluding hydrogens is 480 g/mol. The first-order valence-corrected chi connectivity index (χ1v) is 13.1. The van der Waals surface area contributed by atoms with Crippen LogP contribution in [0.4, 0.5) is 17.3 Å². The number of nitrogens with two attached hydrogens (primary N) is 1. The summed E-state index contributed by atoms with van der Waals surface area (Å²) in [6.07, 6.45) is 3.14. The number of nitrogens with zero attached hydrogens (tertiary/aromatic N) is 7. The Morgan fingerprint density at radius 1 is 1.03 bits per heavy atom. The highest BCUT2D eigenvalue weighted by molar-refractivity contribution is 5.74. The first-order chi connectivity index (χ1) is 18.5. The number of benzene rings is 1. The SMILES string of the molecule is C[C@@H]1CN(CC#Cc2nccc(N3CCCN(c4cc(-c5ccccc5O)nnc4N)CC3)n2)C[C@@H](C)O1. The van der Waals surface area contributed by atoms with E-state index in [1.165, 1.54) is 0 Å². The second kappa shape index (κ2) is 11.6. The van der Waals surface area contributed by atoms with Gasteiger partial charge in [-0.1, -0.05) is 18.1 Å². The summed E-state index contributed by atoms with van der Waals surface area (Å²) >= 11 is 0. The largest absolute Gasteiger partial charge is 0.507 e. The number of nitrogen functional groups attached to an aromatic ring is 1. The molecular formula is C28H34N8O2. The summed E-state index contributed by atoms with van der Waals surface area (Å²) in [7, 11) is 0. The van der Waals surface area contributed by atoms with E-state index in [4.69, 9.17) is 15.5 Å². The minimum atomic E-state index is 0.163. The van der Waals surface area contributed by atoms with Crippen LogP contribution in [0.15, 0.2) is 42.6 Å². The number of morpholine rings is 1. The zero-order valence-corrected chi connectivity index (χ0v) is 21.9. The van der Waals surface area contributed by atoms with Gasteiger partial charge >= 0.3 is 0 Å². The minimum Gasteiger partial charge on any atom is -0.507 e. The molecule has 10 heteroatoms. The number of ether oxygens (including phenoxy) is 1. The Morgan fingerprint density at radius 3 is 2.61 bits per heavy atom. The van der Waals surface area contributed by atoms with Crippen LogP contribution in [0.2, 0.25) is 0 Å². The van der Waals surface area contributed by atoms with Gasteiger partial charge in [0.2, 0.25) is 5.82 Å². The molecule has 3 aromatic rings. The number of hydrogen-bond acceptors (Lipinski definition) is 10. The second-order valence-electron chi connectivity index (χ2n) is 9.84. The van der Waals surface area contributed by atoms with Gasteiger partial charge in [0.25, 0.3) is 0 Å². The standard InChI is InChI=1S/C28H34N8O2/c1-20-18-34(19-21(2)38-20)12-5-9-26-30-11-10-27(31-26)36-14-6-13-35(15-16-36)24-17-23(32-33-28(24)29)22-7-3-4-8-25(22)37/h3-4,7-8,10-11,17,20-21,37H,6,12-16,18-19H2,1-2H3,(H2,29,33)/t20-,21-/m1/s1. The maximum atomic E-state index is 10.3. The molecule has 4 heterocycles. The topological polar surface area (TPSA) is 117 Å². The fourth-order valence-corrected chi connectivity index (χ4v) is 5.08.